The Labute approximate surface area is 171 Å². The molecule has 0 unspecified atom stereocenters. The van der Waals surface area contributed by atoms with Crippen molar-refractivity contribution in [1.82, 2.24) is 15.5 Å². The third kappa shape index (κ3) is 4.43. The Bertz CT molecular complexity index is 861. The number of likely N-dealkylation sites (tertiary alicyclic amines) is 1. The van der Waals surface area contributed by atoms with Gasteiger partial charge >= 0.3 is 6.03 Å². The molecule has 0 saturated carbocycles. The van der Waals surface area contributed by atoms with Crippen molar-refractivity contribution in [2.24, 2.45) is 5.92 Å². The summed E-state index contributed by atoms with van der Waals surface area (Å²) in [7, 11) is 0. The Balaban J connectivity index is 1.26. The molecule has 0 bridgehead atoms. The number of hydrogen-bond donors (Lipinski definition) is 2. The van der Waals surface area contributed by atoms with E-state index in [1.54, 1.807) is 0 Å². The van der Waals surface area contributed by atoms with Crippen molar-refractivity contribution in [2.75, 3.05) is 13.1 Å². The lowest BCUT2D eigenvalue weighted by Crippen LogP contribution is -2.53. The van der Waals surface area contributed by atoms with Gasteiger partial charge in [-0.25, -0.2) is 4.79 Å². The molecule has 6 nitrogen and oxygen atoms in total. The highest BCUT2D eigenvalue weighted by atomic mass is 16.5. The molecule has 2 aromatic rings. The number of amides is 3. The van der Waals surface area contributed by atoms with E-state index in [2.05, 4.69) is 39.8 Å². The predicted molar refractivity (Wildman–Crippen MR) is 110 cm³/mol. The first kappa shape index (κ1) is 19.5. The summed E-state index contributed by atoms with van der Waals surface area (Å²) >= 11 is 0. The van der Waals surface area contributed by atoms with Crippen LogP contribution >= 0.6 is 0 Å². The molecule has 0 spiro atoms. The van der Waals surface area contributed by atoms with Crippen LogP contribution in [0.5, 0.6) is 5.75 Å². The fraction of sp³-hybridized carbons (Fsp3) is 0.391. The van der Waals surface area contributed by atoms with Gasteiger partial charge in [-0.3, -0.25) is 15.0 Å². The molecule has 29 heavy (non-hydrogen) atoms. The molecule has 2 fully saturated rings. The maximum atomic E-state index is 12.1. The van der Waals surface area contributed by atoms with Crippen molar-refractivity contribution in [3.63, 3.8) is 0 Å². The predicted octanol–water partition coefficient (Wildman–Crippen LogP) is 3.08. The van der Waals surface area contributed by atoms with Gasteiger partial charge in [-0.05, 0) is 62.0 Å². The van der Waals surface area contributed by atoms with Crippen molar-refractivity contribution < 1.29 is 14.3 Å². The molecule has 1 atom stereocenters. The lowest BCUT2D eigenvalue weighted by Gasteiger charge is -2.38. The first-order chi connectivity index (χ1) is 14.0. The fourth-order valence-electron chi connectivity index (χ4n) is 4.20. The Morgan fingerprint density at radius 2 is 1.69 bits per heavy atom. The monoisotopic (exact) mass is 393 g/mol. The smallest absolute Gasteiger partial charge is 0.322 e. The van der Waals surface area contributed by atoms with Gasteiger partial charge in [-0.2, -0.15) is 0 Å². The third-order valence-electron chi connectivity index (χ3n) is 6.05. The highest BCUT2D eigenvalue weighted by Crippen LogP contribution is 2.31. The van der Waals surface area contributed by atoms with E-state index >= 15 is 0 Å². The molecule has 6 heteroatoms. The van der Waals surface area contributed by atoms with Crippen molar-refractivity contribution in [3.8, 4) is 5.75 Å². The van der Waals surface area contributed by atoms with Crippen molar-refractivity contribution >= 4 is 11.9 Å². The standard InChI is InChI=1S/C23H27N3O3/c1-23(21(27)24-22(28)25-23)19-11-13-26(14-12-19)15-17-7-9-20(10-8-17)29-16-18-5-3-2-4-6-18/h2-10,19H,11-16H2,1H3,(H2,24,25,27,28)/t23-/m1/s1. The zero-order valence-corrected chi connectivity index (χ0v) is 16.7. The number of imide groups is 1. The van der Waals surface area contributed by atoms with Gasteiger partial charge in [0.05, 0.1) is 0 Å². The van der Waals surface area contributed by atoms with Crippen LogP contribution in [-0.2, 0) is 17.9 Å². The summed E-state index contributed by atoms with van der Waals surface area (Å²) in [6.07, 6.45) is 1.78. The van der Waals surface area contributed by atoms with Gasteiger partial charge in [-0.1, -0.05) is 42.5 Å². The van der Waals surface area contributed by atoms with Crippen LogP contribution in [0.25, 0.3) is 0 Å². The average Bonchev–Trinajstić information content (AvgIpc) is 3.01. The lowest BCUT2D eigenvalue weighted by molar-refractivity contribution is -0.125. The van der Waals surface area contributed by atoms with Gasteiger partial charge in [-0.15, -0.1) is 0 Å². The van der Waals surface area contributed by atoms with E-state index in [1.165, 1.54) is 5.56 Å². The average molecular weight is 393 g/mol. The SMILES string of the molecule is C[C@]1(C2CCN(Cc3ccc(OCc4ccccc4)cc3)CC2)NC(=O)NC1=O. The van der Waals surface area contributed by atoms with E-state index in [4.69, 9.17) is 4.74 Å². The van der Waals surface area contributed by atoms with Crippen molar-refractivity contribution in [1.29, 1.82) is 0 Å². The molecule has 3 amide bonds. The second-order valence-electron chi connectivity index (χ2n) is 8.08. The van der Waals surface area contributed by atoms with Crippen LogP contribution in [0.1, 0.15) is 30.9 Å². The number of hydrogen-bond acceptors (Lipinski definition) is 4. The van der Waals surface area contributed by atoms with Crippen LogP contribution in [0.4, 0.5) is 4.79 Å². The maximum absolute atomic E-state index is 12.1. The maximum Gasteiger partial charge on any atom is 0.322 e. The molecule has 4 rings (SSSR count). The van der Waals surface area contributed by atoms with Crippen molar-refractivity contribution in [2.45, 2.75) is 38.5 Å². The second-order valence-corrected chi connectivity index (χ2v) is 8.08. The summed E-state index contributed by atoms with van der Waals surface area (Å²) in [6.45, 7) is 5.10. The van der Waals surface area contributed by atoms with Crippen LogP contribution < -0.4 is 15.4 Å². The number of nitrogens with one attached hydrogen (secondary N) is 2. The summed E-state index contributed by atoms with van der Waals surface area (Å²) in [5, 5.41) is 5.18. The molecular formula is C23H27N3O3. The highest BCUT2D eigenvalue weighted by molar-refractivity contribution is 6.06. The number of carbonyl (C=O) groups is 2. The molecule has 0 radical (unpaired) electrons. The van der Waals surface area contributed by atoms with E-state index in [1.807, 2.05) is 37.3 Å². The molecule has 0 aromatic heterocycles. The molecule has 152 valence electrons. The summed E-state index contributed by atoms with van der Waals surface area (Å²) in [6, 6.07) is 18.0. The Morgan fingerprint density at radius 3 is 2.31 bits per heavy atom. The Morgan fingerprint density at radius 1 is 1.00 bits per heavy atom. The van der Waals surface area contributed by atoms with E-state index in [-0.39, 0.29) is 17.9 Å². The molecule has 2 aromatic carbocycles. The first-order valence-corrected chi connectivity index (χ1v) is 10.1. The molecule has 2 saturated heterocycles. The number of benzene rings is 2. The van der Waals surface area contributed by atoms with E-state index in [0.29, 0.717) is 6.61 Å². The normalized spacial score (nSPS) is 22.9. The Hall–Kier alpha value is -2.86. The summed E-state index contributed by atoms with van der Waals surface area (Å²) < 4.78 is 5.85. The van der Waals surface area contributed by atoms with Gasteiger partial charge in [0.2, 0.25) is 0 Å². The second kappa shape index (κ2) is 8.25. The molecule has 0 aliphatic carbocycles. The van der Waals surface area contributed by atoms with E-state index in [0.717, 1.165) is 43.8 Å². The minimum absolute atomic E-state index is 0.166. The topological polar surface area (TPSA) is 70.7 Å². The first-order valence-electron chi connectivity index (χ1n) is 10.1. The zero-order valence-electron chi connectivity index (χ0n) is 16.7. The van der Waals surface area contributed by atoms with Gasteiger partial charge < -0.3 is 10.1 Å². The largest absolute Gasteiger partial charge is 0.489 e. The zero-order chi connectivity index (χ0) is 20.3. The molecule has 2 aliphatic heterocycles. The Kier molecular flexibility index (Phi) is 5.53. The van der Waals surface area contributed by atoms with Crippen LogP contribution in [0, 0.1) is 5.92 Å². The van der Waals surface area contributed by atoms with Gasteiger partial charge in [0, 0.05) is 6.54 Å². The number of ether oxygens (including phenoxy) is 1. The van der Waals surface area contributed by atoms with Gasteiger partial charge in [0.1, 0.15) is 17.9 Å². The van der Waals surface area contributed by atoms with E-state index < -0.39 is 5.54 Å². The van der Waals surface area contributed by atoms with Crippen LogP contribution in [0.3, 0.4) is 0 Å². The van der Waals surface area contributed by atoms with Crippen molar-refractivity contribution in [3.05, 3.63) is 65.7 Å². The molecule has 2 heterocycles. The highest BCUT2D eigenvalue weighted by Gasteiger charge is 2.48. The minimum Gasteiger partial charge on any atom is -0.489 e. The quantitative estimate of drug-likeness (QED) is 0.740. The number of rotatable bonds is 6. The summed E-state index contributed by atoms with van der Waals surface area (Å²) in [5.41, 5.74) is 1.62. The van der Waals surface area contributed by atoms with Crippen LogP contribution in [0.15, 0.2) is 54.6 Å². The van der Waals surface area contributed by atoms with E-state index in [9.17, 15) is 9.59 Å². The number of urea groups is 1. The number of nitrogens with zero attached hydrogens (tertiary/aromatic N) is 1. The fourth-order valence-corrected chi connectivity index (χ4v) is 4.20. The molecule has 2 N–H and O–H groups in total. The summed E-state index contributed by atoms with van der Waals surface area (Å²) in [4.78, 5) is 26.0. The van der Waals surface area contributed by atoms with Crippen LogP contribution in [0.2, 0.25) is 0 Å². The molecular weight excluding hydrogens is 366 g/mol. The third-order valence-corrected chi connectivity index (χ3v) is 6.05. The lowest BCUT2D eigenvalue weighted by atomic mass is 9.79. The summed E-state index contributed by atoms with van der Waals surface area (Å²) in [5.74, 6) is 0.832. The van der Waals surface area contributed by atoms with Gasteiger partial charge in [0.15, 0.2) is 0 Å². The van der Waals surface area contributed by atoms with Crippen LogP contribution in [-0.4, -0.2) is 35.5 Å². The number of piperidine rings is 1. The molecule has 2 aliphatic rings. The minimum atomic E-state index is -0.777. The number of carbonyl (C=O) groups excluding carboxylic acids is 2. The van der Waals surface area contributed by atoms with Gasteiger partial charge in [0.25, 0.3) is 5.91 Å².